The number of aliphatic hydroxyl groups excluding tert-OH is 1. The minimum atomic E-state index is -0.989. The van der Waals surface area contributed by atoms with Gasteiger partial charge in [0.05, 0.1) is 6.10 Å². The first-order valence-corrected chi connectivity index (χ1v) is 10.5. The molecule has 2 heterocycles. The molecule has 1 aromatic carbocycles. The van der Waals surface area contributed by atoms with Crippen molar-refractivity contribution in [2.45, 2.75) is 57.6 Å². The molecule has 0 unspecified atom stereocenters. The van der Waals surface area contributed by atoms with Crippen molar-refractivity contribution in [3.05, 3.63) is 35.9 Å². The Hall–Kier alpha value is -1.43. The Morgan fingerprint density at radius 1 is 1.15 bits per heavy atom. The SMILES string of the molecule is CCC[C@@]1(C(=O)O)CN(C2CCN(CCc3ccccc3)CC2)CC[C@@H]1O. The summed E-state index contributed by atoms with van der Waals surface area (Å²) >= 11 is 0. The van der Waals surface area contributed by atoms with E-state index < -0.39 is 17.5 Å². The van der Waals surface area contributed by atoms with Crippen molar-refractivity contribution in [3.63, 3.8) is 0 Å². The molecule has 2 fully saturated rings. The third-order valence-corrected chi connectivity index (χ3v) is 6.57. The van der Waals surface area contributed by atoms with E-state index >= 15 is 0 Å². The molecule has 0 saturated carbocycles. The second-order valence-corrected chi connectivity index (χ2v) is 8.29. The monoisotopic (exact) mass is 374 g/mol. The van der Waals surface area contributed by atoms with Crippen LogP contribution in [0.3, 0.4) is 0 Å². The van der Waals surface area contributed by atoms with Crippen molar-refractivity contribution in [2.75, 3.05) is 32.7 Å². The van der Waals surface area contributed by atoms with Crippen LogP contribution in [0.5, 0.6) is 0 Å². The van der Waals surface area contributed by atoms with Crippen LogP contribution in [0.15, 0.2) is 30.3 Å². The van der Waals surface area contributed by atoms with Crippen LogP contribution >= 0.6 is 0 Å². The topological polar surface area (TPSA) is 64.0 Å². The van der Waals surface area contributed by atoms with Gasteiger partial charge in [-0.05, 0) is 50.8 Å². The van der Waals surface area contributed by atoms with E-state index in [2.05, 4.69) is 40.1 Å². The minimum absolute atomic E-state index is 0.445. The summed E-state index contributed by atoms with van der Waals surface area (Å²) < 4.78 is 0. The third kappa shape index (κ3) is 4.71. The Morgan fingerprint density at radius 3 is 2.48 bits per heavy atom. The zero-order chi connectivity index (χ0) is 19.3. The van der Waals surface area contributed by atoms with Crippen LogP contribution in [0.1, 0.15) is 44.6 Å². The van der Waals surface area contributed by atoms with Gasteiger partial charge in [0, 0.05) is 25.7 Å². The first-order chi connectivity index (χ1) is 13.0. The minimum Gasteiger partial charge on any atom is -0.481 e. The van der Waals surface area contributed by atoms with E-state index in [-0.39, 0.29) is 0 Å². The lowest BCUT2D eigenvalue weighted by Gasteiger charge is -2.48. The van der Waals surface area contributed by atoms with Gasteiger partial charge in [0.1, 0.15) is 5.41 Å². The van der Waals surface area contributed by atoms with Gasteiger partial charge in [-0.25, -0.2) is 0 Å². The number of piperidine rings is 2. The van der Waals surface area contributed by atoms with Crippen LogP contribution in [0, 0.1) is 5.41 Å². The van der Waals surface area contributed by atoms with Crippen LogP contribution in [-0.2, 0) is 11.2 Å². The molecule has 0 aliphatic carbocycles. The third-order valence-electron chi connectivity index (χ3n) is 6.57. The van der Waals surface area contributed by atoms with E-state index in [4.69, 9.17) is 0 Å². The fraction of sp³-hybridized carbons (Fsp3) is 0.682. The Bertz CT molecular complexity index is 601. The van der Waals surface area contributed by atoms with Crippen molar-refractivity contribution >= 4 is 5.97 Å². The first kappa shape index (κ1) is 20.3. The van der Waals surface area contributed by atoms with E-state index in [0.29, 0.717) is 25.4 Å². The summed E-state index contributed by atoms with van der Waals surface area (Å²) in [5.74, 6) is -0.832. The maximum absolute atomic E-state index is 12.0. The van der Waals surface area contributed by atoms with Gasteiger partial charge in [-0.1, -0.05) is 43.7 Å². The average Bonchev–Trinajstić information content (AvgIpc) is 2.69. The van der Waals surface area contributed by atoms with Crippen LogP contribution in [0.4, 0.5) is 0 Å². The number of hydrogen-bond acceptors (Lipinski definition) is 4. The highest BCUT2D eigenvalue weighted by Gasteiger charge is 2.49. The van der Waals surface area contributed by atoms with Crippen molar-refractivity contribution < 1.29 is 15.0 Å². The number of carboxylic acids is 1. The number of likely N-dealkylation sites (tertiary alicyclic amines) is 2. The number of nitrogens with zero attached hydrogens (tertiary/aromatic N) is 2. The molecule has 150 valence electrons. The molecule has 2 aliphatic heterocycles. The predicted octanol–water partition coefficient (Wildman–Crippen LogP) is 2.63. The largest absolute Gasteiger partial charge is 0.481 e. The fourth-order valence-electron chi connectivity index (χ4n) is 4.87. The van der Waals surface area contributed by atoms with Gasteiger partial charge in [-0.2, -0.15) is 0 Å². The summed E-state index contributed by atoms with van der Waals surface area (Å²) in [6.45, 7) is 6.54. The molecule has 0 amide bonds. The molecule has 2 atom stereocenters. The molecular weight excluding hydrogens is 340 g/mol. The maximum atomic E-state index is 12.0. The zero-order valence-corrected chi connectivity index (χ0v) is 16.5. The van der Waals surface area contributed by atoms with E-state index in [1.54, 1.807) is 0 Å². The van der Waals surface area contributed by atoms with Crippen LogP contribution < -0.4 is 0 Å². The highest BCUT2D eigenvalue weighted by atomic mass is 16.4. The van der Waals surface area contributed by atoms with Crippen molar-refractivity contribution in [1.82, 2.24) is 9.80 Å². The summed E-state index contributed by atoms with van der Waals surface area (Å²) in [5, 5.41) is 20.3. The predicted molar refractivity (Wildman–Crippen MR) is 107 cm³/mol. The smallest absolute Gasteiger partial charge is 0.313 e. The van der Waals surface area contributed by atoms with Crippen molar-refractivity contribution in [3.8, 4) is 0 Å². The number of carboxylic acid groups (broad SMARTS) is 1. The van der Waals surface area contributed by atoms with Crippen LogP contribution in [-0.4, -0.2) is 70.9 Å². The number of benzene rings is 1. The quantitative estimate of drug-likeness (QED) is 0.768. The van der Waals surface area contributed by atoms with E-state index in [1.807, 2.05) is 6.92 Å². The second-order valence-electron chi connectivity index (χ2n) is 8.29. The normalized spacial score (nSPS) is 28.3. The highest BCUT2D eigenvalue weighted by molar-refractivity contribution is 5.76. The number of aliphatic carboxylic acids is 1. The van der Waals surface area contributed by atoms with Gasteiger partial charge < -0.3 is 15.1 Å². The molecule has 0 radical (unpaired) electrons. The van der Waals surface area contributed by atoms with Gasteiger partial charge in [0.15, 0.2) is 0 Å². The van der Waals surface area contributed by atoms with Gasteiger partial charge in [-0.15, -0.1) is 0 Å². The first-order valence-electron chi connectivity index (χ1n) is 10.5. The molecule has 2 aliphatic rings. The Kier molecular flexibility index (Phi) is 6.90. The molecular formula is C22H34N2O3. The lowest BCUT2D eigenvalue weighted by molar-refractivity contribution is -0.166. The highest BCUT2D eigenvalue weighted by Crippen LogP contribution is 2.37. The summed E-state index contributed by atoms with van der Waals surface area (Å²) in [6, 6.07) is 11.1. The molecule has 5 heteroatoms. The summed E-state index contributed by atoms with van der Waals surface area (Å²) in [7, 11) is 0. The summed E-state index contributed by atoms with van der Waals surface area (Å²) in [6.07, 6.45) is 4.45. The maximum Gasteiger partial charge on any atom is 0.313 e. The second kappa shape index (κ2) is 9.18. The summed E-state index contributed by atoms with van der Waals surface area (Å²) in [4.78, 5) is 16.9. The number of aliphatic hydroxyl groups is 1. The zero-order valence-electron chi connectivity index (χ0n) is 16.5. The van der Waals surface area contributed by atoms with E-state index in [1.165, 1.54) is 5.56 Å². The standard InChI is InChI=1S/C22H34N2O3/c1-2-12-22(21(26)27)17-24(16-11-20(22)25)19-9-14-23(15-10-19)13-8-18-6-4-3-5-7-18/h3-7,19-20,25H,2,8-17H2,1H3,(H,26,27)/t20-,22+/m0/s1. The van der Waals surface area contributed by atoms with Crippen LogP contribution in [0.25, 0.3) is 0 Å². The van der Waals surface area contributed by atoms with Crippen LogP contribution in [0.2, 0.25) is 0 Å². The van der Waals surface area contributed by atoms with Crippen molar-refractivity contribution in [2.24, 2.45) is 5.41 Å². The number of hydrogen-bond donors (Lipinski definition) is 2. The van der Waals surface area contributed by atoms with Crippen molar-refractivity contribution in [1.29, 1.82) is 0 Å². The van der Waals surface area contributed by atoms with E-state index in [9.17, 15) is 15.0 Å². The van der Waals surface area contributed by atoms with E-state index in [0.717, 1.165) is 51.9 Å². The molecule has 3 rings (SSSR count). The molecule has 0 bridgehead atoms. The Morgan fingerprint density at radius 2 is 1.85 bits per heavy atom. The number of rotatable bonds is 7. The van der Waals surface area contributed by atoms with Gasteiger partial charge in [-0.3, -0.25) is 9.69 Å². The Labute approximate surface area is 163 Å². The summed E-state index contributed by atoms with van der Waals surface area (Å²) in [5.41, 5.74) is 0.396. The molecule has 5 nitrogen and oxygen atoms in total. The molecule has 27 heavy (non-hydrogen) atoms. The molecule has 0 spiro atoms. The van der Waals surface area contributed by atoms with Gasteiger partial charge in [0.2, 0.25) is 0 Å². The molecule has 2 saturated heterocycles. The van der Waals surface area contributed by atoms with Gasteiger partial charge in [0.25, 0.3) is 0 Å². The lowest BCUT2D eigenvalue weighted by atomic mass is 9.73. The molecule has 2 N–H and O–H groups in total. The average molecular weight is 375 g/mol. The molecule has 1 aromatic rings. The Balaban J connectivity index is 1.52. The number of carbonyl (C=O) groups is 1. The lowest BCUT2D eigenvalue weighted by Crippen LogP contribution is -2.59. The van der Waals surface area contributed by atoms with Gasteiger partial charge >= 0.3 is 5.97 Å². The molecule has 0 aromatic heterocycles. The fourth-order valence-corrected chi connectivity index (χ4v) is 4.87.